The minimum atomic E-state index is -4.42. The first-order chi connectivity index (χ1) is 29.8. The van der Waals surface area contributed by atoms with Gasteiger partial charge >= 0.3 is 13.8 Å². The molecule has 0 bridgehead atoms. The molecule has 0 rings (SSSR count). The van der Waals surface area contributed by atoms with Gasteiger partial charge in [-0.05, 0) is 70.6 Å². The summed E-state index contributed by atoms with van der Waals surface area (Å²) in [6, 6.07) is 0. The van der Waals surface area contributed by atoms with E-state index in [2.05, 4.69) is 55.6 Å². The van der Waals surface area contributed by atoms with Gasteiger partial charge in [0.2, 0.25) is 5.91 Å². The van der Waals surface area contributed by atoms with Gasteiger partial charge in [0.05, 0.1) is 13.2 Å². The number of esters is 1. The van der Waals surface area contributed by atoms with Gasteiger partial charge in [0.1, 0.15) is 12.7 Å². The predicted molar refractivity (Wildman–Crippen MR) is 257 cm³/mol. The summed E-state index contributed by atoms with van der Waals surface area (Å²) in [4.78, 5) is 34.1. The number of aliphatic hydroxyl groups excluding tert-OH is 1. The Morgan fingerprint density at radius 1 is 0.508 bits per heavy atom. The van der Waals surface area contributed by atoms with E-state index in [0.29, 0.717) is 6.42 Å². The molecule has 0 heterocycles. The molecule has 10 heteroatoms. The predicted octanol–water partition coefficient (Wildman–Crippen LogP) is 14.9. The molecule has 61 heavy (non-hydrogen) atoms. The second kappa shape index (κ2) is 47.7. The maximum Gasteiger partial charge on any atom is 0.472 e. The summed E-state index contributed by atoms with van der Waals surface area (Å²) in [5.41, 5.74) is 0. The standard InChI is InChI=1S/C51H96NO8P/c1-3-5-7-9-11-13-15-17-19-21-23-24-26-27-29-31-33-35-37-39-41-43-50(54)52-45-46-59-61(56,57)60-48-49(53)47-58-51(55)44-42-40-38-36-34-32-30-28-25-22-20-18-16-14-12-10-8-6-4-2/h11,13,17-20,49,53H,3-10,12,14-16,21-48H2,1-2H3,(H,52,54)(H,56,57)/b13-11-,19-17-,20-18+. The van der Waals surface area contributed by atoms with Crippen LogP contribution in [0.25, 0.3) is 0 Å². The van der Waals surface area contributed by atoms with Crippen LogP contribution in [0.1, 0.15) is 245 Å². The van der Waals surface area contributed by atoms with Gasteiger partial charge in [-0.15, -0.1) is 0 Å². The maximum absolute atomic E-state index is 12.1. The molecule has 0 fully saturated rings. The van der Waals surface area contributed by atoms with Crippen LogP contribution >= 0.6 is 7.82 Å². The van der Waals surface area contributed by atoms with Gasteiger partial charge in [-0.2, -0.15) is 0 Å². The summed E-state index contributed by atoms with van der Waals surface area (Å²) in [7, 11) is -4.42. The van der Waals surface area contributed by atoms with E-state index in [-0.39, 0.29) is 32.1 Å². The van der Waals surface area contributed by atoms with Crippen LogP contribution in [-0.4, -0.2) is 54.3 Å². The number of carbonyl (C=O) groups is 2. The lowest BCUT2D eigenvalue weighted by molar-refractivity contribution is -0.147. The van der Waals surface area contributed by atoms with Crippen LogP contribution in [0.3, 0.4) is 0 Å². The highest BCUT2D eigenvalue weighted by atomic mass is 31.2. The number of carbonyl (C=O) groups excluding carboxylic acids is 2. The van der Waals surface area contributed by atoms with Gasteiger partial charge in [0.15, 0.2) is 0 Å². The molecule has 3 N–H and O–H groups in total. The number of hydrogen-bond donors (Lipinski definition) is 3. The van der Waals surface area contributed by atoms with Gasteiger partial charge in [0, 0.05) is 19.4 Å². The summed E-state index contributed by atoms with van der Waals surface area (Å²) < 4.78 is 27.0. The summed E-state index contributed by atoms with van der Waals surface area (Å²) >= 11 is 0. The van der Waals surface area contributed by atoms with E-state index in [1.807, 2.05) is 0 Å². The minimum Gasteiger partial charge on any atom is -0.463 e. The highest BCUT2D eigenvalue weighted by Crippen LogP contribution is 2.42. The number of phosphoric ester groups is 1. The Morgan fingerprint density at radius 2 is 0.885 bits per heavy atom. The Kier molecular flexibility index (Phi) is 46.3. The zero-order valence-electron chi connectivity index (χ0n) is 39.6. The van der Waals surface area contributed by atoms with E-state index in [1.54, 1.807) is 0 Å². The molecule has 9 nitrogen and oxygen atoms in total. The van der Waals surface area contributed by atoms with Crippen LogP contribution in [-0.2, 0) is 27.9 Å². The SMILES string of the molecule is CCCCC/C=C\C/C=C\CCCCCCCCCCCCCC(=O)NCCOP(=O)(O)OCC(O)COC(=O)CCCCCCCCCCC/C=C/CCCCCCCC. The molecule has 0 aromatic rings. The van der Waals surface area contributed by atoms with Crippen molar-refractivity contribution >= 4 is 19.7 Å². The number of amides is 1. The van der Waals surface area contributed by atoms with E-state index >= 15 is 0 Å². The molecular formula is C51H96NO8P. The van der Waals surface area contributed by atoms with Crippen LogP contribution in [0.4, 0.5) is 0 Å². The molecule has 358 valence electrons. The second-order valence-corrected chi connectivity index (χ2v) is 18.6. The fraction of sp³-hybridized carbons (Fsp3) is 0.843. The average molecular weight is 882 g/mol. The van der Waals surface area contributed by atoms with Crippen LogP contribution in [0.5, 0.6) is 0 Å². The first-order valence-electron chi connectivity index (χ1n) is 25.5. The zero-order chi connectivity index (χ0) is 44.6. The van der Waals surface area contributed by atoms with Crippen molar-refractivity contribution in [3.63, 3.8) is 0 Å². The fourth-order valence-electron chi connectivity index (χ4n) is 7.17. The molecule has 0 radical (unpaired) electrons. The Balaban J connectivity index is 3.55. The monoisotopic (exact) mass is 882 g/mol. The Morgan fingerprint density at radius 3 is 1.36 bits per heavy atom. The number of allylic oxidation sites excluding steroid dienone is 6. The van der Waals surface area contributed by atoms with Crippen LogP contribution < -0.4 is 5.32 Å². The Hall–Kier alpha value is -1.77. The van der Waals surface area contributed by atoms with E-state index < -0.39 is 26.5 Å². The quantitative estimate of drug-likeness (QED) is 0.0238. The van der Waals surface area contributed by atoms with Crippen molar-refractivity contribution in [3.8, 4) is 0 Å². The Labute approximate surface area is 375 Å². The molecule has 0 aliphatic rings. The number of rotatable bonds is 48. The molecular weight excluding hydrogens is 786 g/mol. The molecule has 0 saturated heterocycles. The van der Waals surface area contributed by atoms with E-state index in [1.165, 1.54) is 173 Å². The smallest absolute Gasteiger partial charge is 0.463 e. The fourth-order valence-corrected chi connectivity index (χ4v) is 7.93. The number of aliphatic hydroxyl groups is 1. The van der Waals surface area contributed by atoms with Crippen molar-refractivity contribution in [1.82, 2.24) is 5.32 Å². The summed E-state index contributed by atoms with van der Waals surface area (Å²) in [6.45, 7) is 3.56. The minimum absolute atomic E-state index is 0.0813. The third-order valence-electron chi connectivity index (χ3n) is 11.0. The number of phosphoric acid groups is 1. The van der Waals surface area contributed by atoms with Crippen molar-refractivity contribution in [3.05, 3.63) is 36.5 Å². The third-order valence-corrected chi connectivity index (χ3v) is 12.0. The third kappa shape index (κ3) is 49.1. The maximum atomic E-state index is 12.1. The van der Waals surface area contributed by atoms with Gasteiger partial charge in [-0.1, -0.05) is 198 Å². The molecule has 0 saturated carbocycles. The van der Waals surface area contributed by atoms with E-state index in [9.17, 15) is 24.2 Å². The molecule has 0 aromatic heterocycles. The van der Waals surface area contributed by atoms with Crippen LogP contribution in [0, 0.1) is 0 Å². The van der Waals surface area contributed by atoms with Gasteiger partial charge in [-0.25, -0.2) is 4.57 Å². The lowest BCUT2D eigenvalue weighted by Gasteiger charge is -2.15. The first-order valence-corrected chi connectivity index (χ1v) is 27.0. The molecule has 0 aliphatic heterocycles. The molecule has 0 aromatic carbocycles. The lowest BCUT2D eigenvalue weighted by atomic mass is 10.0. The van der Waals surface area contributed by atoms with Crippen molar-refractivity contribution in [2.75, 3.05) is 26.4 Å². The van der Waals surface area contributed by atoms with Gasteiger partial charge < -0.3 is 20.1 Å². The second-order valence-electron chi connectivity index (χ2n) is 17.1. The number of unbranched alkanes of at least 4 members (excludes halogenated alkanes) is 29. The molecule has 1 amide bonds. The van der Waals surface area contributed by atoms with Crippen molar-refractivity contribution in [2.24, 2.45) is 0 Å². The van der Waals surface area contributed by atoms with E-state index in [4.69, 9.17) is 13.8 Å². The summed E-state index contributed by atoms with van der Waals surface area (Å²) in [6.07, 6.45) is 55.1. The molecule has 0 aliphatic carbocycles. The topological polar surface area (TPSA) is 131 Å². The highest BCUT2D eigenvalue weighted by Gasteiger charge is 2.23. The molecule has 0 spiro atoms. The van der Waals surface area contributed by atoms with Crippen molar-refractivity contribution in [2.45, 2.75) is 251 Å². The van der Waals surface area contributed by atoms with Crippen molar-refractivity contribution in [1.29, 1.82) is 0 Å². The normalized spacial score (nSPS) is 13.4. The number of hydrogen-bond acceptors (Lipinski definition) is 7. The number of nitrogens with one attached hydrogen (secondary N) is 1. The summed E-state index contributed by atoms with van der Waals surface area (Å²) in [5.74, 6) is -0.514. The van der Waals surface area contributed by atoms with Crippen molar-refractivity contribution < 1.29 is 37.9 Å². The first kappa shape index (κ1) is 59.2. The Bertz CT molecular complexity index is 1100. The highest BCUT2D eigenvalue weighted by molar-refractivity contribution is 7.47. The van der Waals surface area contributed by atoms with Gasteiger partial charge in [-0.3, -0.25) is 18.6 Å². The zero-order valence-corrected chi connectivity index (χ0v) is 40.5. The molecule has 2 atom stereocenters. The van der Waals surface area contributed by atoms with Crippen LogP contribution in [0.15, 0.2) is 36.5 Å². The largest absolute Gasteiger partial charge is 0.472 e. The van der Waals surface area contributed by atoms with Crippen LogP contribution in [0.2, 0.25) is 0 Å². The van der Waals surface area contributed by atoms with E-state index in [0.717, 1.165) is 44.9 Å². The lowest BCUT2D eigenvalue weighted by Crippen LogP contribution is -2.27. The summed E-state index contributed by atoms with van der Waals surface area (Å²) in [5, 5.41) is 12.7. The van der Waals surface area contributed by atoms with Gasteiger partial charge in [0.25, 0.3) is 0 Å². The number of ether oxygens (including phenoxy) is 1. The average Bonchev–Trinajstić information content (AvgIpc) is 3.25. The molecule has 2 unspecified atom stereocenters.